The normalized spacial score (nSPS) is 11.1. The molecule has 1 N–H and O–H groups in total. The van der Waals surface area contributed by atoms with Crippen LogP contribution in [0, 0.1) is 11.3 Å². The maximum Gasteiger partial charge on any atom is 0.168 e. The van der Waals surface area contributed by atoms with Gasteiger partial charge in [-0.2, -0.15) is 10.4 Å². The molecule has 0 atom stereocenters. The third-order valence-corrected chi connectivity index (χ3v) is 3.63. The third-order valence-electron chi connectivity index (χ3n) is 2.51. The number of nitrogens with one attached hydrogen (secondary N) is 1. The van der Waals surface area contributed by atoms with Crippen LogP contribution in [0.1, 0.15) is 18.2 Å². The summed E-state index contributed by atoms with van der Waals surface area (Å²) in [6, 6.07) is 7.31. The summed E-state index contributed by atoms with van der Waals surface area (Å²) in [5.41, 5.74) is 4.03. The first-order valence-corrected chi connectivity index (χ1v) is 6.84. The summed E-state index contributed by atoms with van der Waals surface area (Å²) in [6.45, 7) is 1.77. The van der Waals surface area contributed by atoms with Crippen LogP contribution in [0.4, 0.5) is 5.82 Å². The van der Waals surface area contributed by atoms with E-state index in [-0.39, 0.29) is 26.6 Å². The number of halogens is 3. The fourth-order valence-corrected chi connectivity index (χ4v) is 2.12. The zero-order chi connectivity index (χ0) is 15.4. The lowest BCUT2D eigenvalue weighted by Crippen LogP contribution is -2.03. The second-order valence-corrected chi connectivity index (χ2v) is 5.00. The van der Waals surface area contributed by atoms with E-state index in [1.165, 1.54) is 0 Å². The maximum absolute atomic E-state index is 8.91. The summed E-state index contributed by atoms with van der Waals surface area (Å²) in [7, 11) is 0. The van der Waals surface area contributed by atoms with E-state index in [4.69, 9.17) is 40.1 Å². The lowest BCUT2D eigenvalue weighted by molar-refractivity contribution is 1.20. The van der Waals surface area contributed by atoms with Gasteiger partial charge in [-0.3, -0.25) is 10.4 Å². The van der Waals surface area contributed by atoms with Crippen LogP contribution in [0.15, 0.2) is 29.5 Å². The van der Waals surface area contributed by atoms with Gasteiger partial charge in [0.25, 0.3) is 0 Å². The van der Waals surface area contributed by atoms with E-state index in [0.29, 0.717) is 11.4 Å². The van der Waals surface area contributed by atoms with Gasteiger partial charge in [-0.05, 0) is 19.1 Å². The van der Waals surface area contributed by atoms with Crippen molar-refractivity contribution in [3.8, 4) is 6.07 Å². The van der Waals surface area contributed by atoms with Crippen molar-refractivity contribution < 1.29 is 0 Å². The Kier molecular flexibility index (Phi) is 4.97. The van der Waals surface area contributed by atoms with E-state index >= 15 is 0 Å². The molecule has 0 aliphatic heterocycles. The zero-order valence-corrected chi connectivity index (χ0v) is 13.0. The van der Waals surface area contributed by atoms with E-state index < -0.39 is 0 Å². The minimum absolute atomic E-state index is 0.0271. The Morgan fingerprint density at radius 2 is 2.05 bits per heavy atom. The molecule has 0 fully saturated rings. The Morgan fingerprint density at radius 1 is 1.29 bits per heavy atom. The number of rotatable bonds is 3. The largest absolute Gasteiger partial charge is 0.260 e. The highest BCUT2D eigenvalue weighted by Crippen LogP contribution is 2.34. The quantitative estimate of drug-likeness (QED) is 0.517. The highest BCUT2D eigenvalue weighted by Gasteiger charge is 2.16. The van der Waals surface area contributed by atoms with Gasteiger partial charge in [0.2, 0.25) is 0 Å². The minimum atomic E-state index is -0.0416. The Hall–Kier alpha value is -1.87. The molecule has 8 heteroatoms. The van der Waals surface area contributed by atoms with Gasteiger partial charge in [0.1, 0.15) is 16.7 Å². The van der Waals surface area contributed by atoms with Crippen molar-refractivity contribution in [2.45, 2.75) is 6.92 Å². The van der Waals surface area contributed by atoms with Crippen molar-refractivity contribution >= 4 is 46.3 Å². The molecule has 0 aliphatic rings. The number of hydrogen-bond donors (Lipinski definition) is 1. The Bertz CT molecular complexity index is 738. The third kappa shape index (κ3) is 3.42. The monoisotopic (exact) mass is 339 g/mol. The average molecular weight is 341 g/mol. The highest BCUT2D eigenvalue weighted by atomic mass is 35.5. The van der Waals surface area contributed by atoms with Crippen molar-refractivity contribution in [3.05, 3.63) is 50.9 Å². The van der Waals surface area contributed by atoms with Crippen LogP contribution in [-0.4, -0.2) is 15.7 Å². The number of hydrogen-bond acceptors (Lipinski definition) is 5. The van der Waals surface area contributed by atoms with Gasteiger partial charge < -0.3 is 0 Å². The van der Waals surface area contributed by atoms with E-state index in [9.17, 15) is 0 Å². The summed E-state index contributed by atoms with van der Waals surface area (Å²) in [5, 5.41) is 13.1. The van der Waals surface area contributed by atoms with Gasteiger partial charge in [0.05, 0.1) is 16.4 Å². The first-order valence-electron chi connectivity index (χ1n) is 5.71. The predicted molar refractivity (Wildman–Crippen MR) is 84.1 cm³/mol. The Labute approximate surface area is 136 Å². The summed E-state index contributed by atoms with van der Waals surface area (Å²) < 4.78 is 0. The second kappa shape index (κ2) is 6.72. The fraction of sp³-hybridized carbons (Fsp3) is 0.0769. The van der Waals surface area contributed by atoms with E-state index in [1.54, 1.807) is 13.1 Å². The van der Waals surface area contributed by atoms with Crippen LogP contribution >= 0.6 is 34.8 Å². The first kappa shape index (κ1) is 15.5. The van der Waals surface area contributed by atoms with Crippen molar-refractivity contribution in [1.82, 2.24) is 9.97 Å². The molecular formula is C13H8Cl3N5. The summed E-state index contributed by atoms with van der Waals surface area (Å²) >= 11 is 17.8. The van der Waals surface area contributed by atoms with Gasteiger partial charge in [0.15, 0.2) is 11.0 Å². The molecule has 0 saturated heterocycles. The molecule has 2 aromatic rings. The van der Waals surface area contributed by atoms with E-state index in [2.05, 4.69) is 20.5 Å². The maximum atomic E-state index is 8.91. The molecule has 21 heavy (non-hydrogen) atoms. The second-order valence-electron chi connectivity index (χ2n) is 3.89. The van der Waals surface area contributed by atoms with E-state index in [0.717, 1.165) is 0 Å². The molecule has 0 amide bonds. The van der Waals surface area contributed by atoms with Crippen LogP contribution in [0.3, 0.4) is 0 Å². The van der Waals surface area contributed by atoms with Gasteiger partial charge in [-0.25, -0.2) is 4.98 Å². The lowest BCUT2D eigenvalue weighted by atomic mass is 10.3. The molecule has 0 aliphatic carbocycles. The first-order chi connectivity index (χ1) is 10.0. The molecule has 2 aromatic heterocycles. The highest BCUT2D eigenvalue weighted by molar-refractivity contribution is 6.45. The number of nitrogens with zero attached hydrogens (tertiary/aromatic N) is 4. The fourth-order valence-electron chi connectivity index (χ4n) is 1.45. The smallest absolute Gasteiger partial charge is 0.168 e. The summed E-state index contributed by atoms with van der Waals surface area (Å²) in [4.78, 5) is 8.11. The molecule has 0 aromatic carbocycles. The molecule has 0 radical (unpaired) electrons. The number of pyridine rings is 2. The number of anilines is 1. The van der Waals surface area contributed by atoms with Crippen LogP contribution < -0.4 is 5.43 Å². The standard InChI is InChI=1S/C13H8Cl3N5/c1-7(9-4-2-3-5-18-9)20-21-13-11(15)10(14)8(6-17)12(16)19-13/h2-5H,1H3,(H,19,21)/b20-7+. The molecule has 5 nitrogen and oxygen atoms in total. The van der Waals surface area contributed by atoms with Crippen molar-refractivity contribution in [1.29, 1.82) is 5.26 Å². The van der Waals surface area contributed by atoms with Crippen LogP contribution in [-0.2, 0) is 0 Å². The Morgan fingerprint density at radius 3 is 2.67 bits per heavy atom. The van der Waals surface area contributed by atoms with Crippen LogP contribution in [0.5, 0.6) is 0 Å². The number of aromatic nitrogens is 2. The topological polar surface area (TPSA) is 74.0 Å². The van der Waals surface area contributed by atoms with Gasteiger partial charge >= 0.3 is 0 Å². The van der Waals surface area contributed by atoms with Crippen LogP contribution in [0.2, 0.25) is 15.2 Å². The lowest BCUT2D eigenvalue weighted by Gasteiger charge is -2.07. The predicted octanol–water partition coefficient (Wildman–Crippen LogP) is 4.14. The zero-order valence-electron chi connectivity index (χ0n) is 10.7. The molecule has 0 unspecified atom stereocenters. The molecule has 2 rings (SSSR count). The van der Waals surface area contributed by atoms with Gasteiger partial charge in [-0.1, -0.05) is 40.9 Å². The SMILES string of the molecule is C/C(=N\Nc1nc(Cl)c(C#N)c(Cl)c1Cl)c1ccccn1. The van der Waals surface area contributed by atoms with Crippen LogP contribution in [0.25, 0.3) is 0 Å². The molecule has 0 bridgehead atoms. The van der Waals surface area contributed by atoms with Crippen molar-refractivity contribution in [2.75, 3.05) is 5.43 Å². The Balaban J connectivity index is 2.31. The summed E-state index contributed by atoms with van der Waals surface area (Å²) in [5.74, 6) is 0.168. The number of nitriles is 1. The average Bonchev–Trinajstić information content (AvgIpc) is 2.50. The molecule has 2 heterocycles. The van der Waals surface area contributed by atoms with Crippen molar-refractivity contribution in [2.24, 2.45) is 5.10 Å². The molecular weight excluding hydrogens is 333 g/mol. The molecule has 0 saturated carbocycles. The summed E-state index contributed by atoms with van der Waals surface area (Å²) in [6.07, 6.45) is 1.66. The molecule has 0 spiro atoms. The van der Waals surface area contributed by atoms with Gasteiger partial charge in [0, 0.05) is 6.20 Å². The van der Waals surface area contributed by atoms with Gasteiger partial charge in [-0.15, -0.1) is 0 Å². The minimum Gasteiger partial charge on any atom is -0.260 e. The number of hydrazone groups is 1. The van der Waals surface area contributed by atoms with Crippen molar-refractivity contribution in [3.63, 3.8) is 0 Å². The molecule has 106 valence electrons. The van der Waals surface area contributed by atoms with E-state index in [1.807, 2.05) is 24.3 Å².